The van der Waals surface area contributed by atoms with Crippen LogP contribution in [0.15, 0.2) is 47.4 Å². The highest BCUT2D eigenvalue weighted by Gasteiger charge is 2.36. The number of benzene rings is 2. The Hall–Kier alpha value is -1.52. The van der Waals surface area contributed by atoms with Gasteiger partial charge in [-0.3, -0.25) is 0 Å². The topological polar surface area (TPSA) is 78.0 Å². The van der Waals surface area contributed by atoms with E-state index in [0.717, 1.165) is 23.6 Å². The molecule has 2 aliphatic heterocycles. The molecular weight excluding hydrogens is 410 g/mol. The quantitative estimate of drug-likeness (QED) is 0.734. The smallest absolute Gasteiger partial charge is 0.207 e. The minimum atomic E-state index is -3.66. The van der Waals surface area contributed by atoms with Crippen LogP contribution in [-0.2, 0) is 20.2 Å². The van der Waals surface area contributed by atoms with E-state index < -0.39 is 20.2 Å². The lowest BCUT2D eigenvalue weighted by molar-refractivity contribution is 0.232. The second kappa shape index (κ2) is 7.96. The first-order chi connectivity index (χ1) is 13.8. The zero-order chi connectivity index (χ0) is 20.6. The fourth-order valence-corrected chi connectivity index (χ4v) is 7.08. The maximum absolute atomic E-state index is 13.1. The summed E-state index contributed by atoms with van der Waals surface area (Å²) in [5, 5.41) is 1.85. The van der Waals surface area contributed by atoms with Gasteiger partial charge >= 0.3 is 0 Å². The molecule has 0 atom stereocenters. The molecule has 158 valence electrons. The van der Waals surface area contributed by atoms with Crippen molar-refractivity contribution in [1.29, 1.82) is 0 Å². The van der Waals surface area contributed by atoms with Crippen molar-refractivity contribution in [1.82, 2.24) is 12.9 Å². The van der Waals surface area contributed by atoms with Crippen molar-refractivity contribution < 1.29 is 16.8 Å². The lowest BCUT2D eigenvalue weighted by Crippen LogP contribution is -2.55. The fourth-order valence-electron chi connectivity index (χ4n) is 4.00. The molecule has 0 spiro atoms. The van der Waals surface area contributed by atoms with Crippen LogP contribution in [0.5, 0.6) is 0 Å². The number of fused-ring (bicyclic) bond motifs is 1. The number of piperazine rings is 1. The monoisotopic (exact) mass is 437 g/mol. The number of sulfonamides is 1. The van der Waals surface area contributed by atoms with Gasteiger partial charge in [0.25, 0.3) is 10.2 Å². The summed E-state index contributed by atoms with van der Waals surface area (Å²) in [6.07, 6.45) is 1.74. The molecule has 0 bridgehead atoms. The number of rotatable bonds is 4. The Bertz CT molecular complexity index is 1090. The van der Waals surface area contributed by atoms with Crippen molar-refractivity contribution in [2.24, 2.45) is 5.92 Å². The van der Waals surface area contributed by atoms with Crippen molar-refractivity contribution in [3.05, 3.63) is 42.5 Å². The molecule has 2 aromatic carbocycles. The number of nitrogens with zero attached hydrogens (tertiary/aromatic N) is 3. The molecule has 0 N–H and O–H groups in total. The van der Waals surface area contributed by atoms with Gasteiger partial charge < -0.3 is 0 Å². The van der Waals surface area contributed by atoms with Crippen LogP contribution in [0.25, 0.3) is 10.8 Å². The average molecular weight is 438 g/mol. The van der Waals surface area contributed by atoms with E-state index in [4.69, 9.17) is 0 Å². The first-order valence-corrected chi connectivity index (χ1v) is 12.9. The van der Waals surface area contributed by atoms with Crippen molar-refractivity contribution >= 4 is 31.0 Å². The van der Waals surface area contributed by atoms with E-state index in [1.54, 1.807) is 22.5 Å². The lowest BCUT2D eigenvalue weighted by atomic mass is 10.0. The van der Waals surface area contributed by atoms with Gasteiger partial charge in [-0.15, -0.1) is 0 Å². The average Bonchev–Trinajstić information content (AvgIpc) is 2.74. The first kappa shape index (κ1) is 20.7. The molecule has 0 amide bonds. The third-order valence-corrected chi connectivity index (χ3v) is 9.88. The van der Waals surface area contributed by atoms with Crippen molar-refractivity contribution in [3.8, 4) is 0 Å². The van der Waals surface area contributed by atoms with Crippen LogP contribution in [0.1, 0.15) is 19.8 Å². The van der Waals surface area contributed by atoms with Gasteiger partial charge in [-0.2, -0.15) is 21.3 Å². The van der Waals surface area contributed by atoms with Crippen LogP contribution in [0.4, 0.5) is 0 Å². The second-order valence-electron chi connectivity index (χ2n) is 7.90. The first-order valence-electron chi connectivity index (χ1n) is 10.0. The number of piperidine rings is 1. The van der Waals surface area contributed by atoms with Crippen LogP contribution >= 0.6 is 0 Å². The Morgan fingerprint density at radius 2 is 1.28 bits per heavy atom. The minimum absolute atomic E-state index is 0.165. The van der Waals surface area contributed by atoms with Crippen LogP contribution in [0.2, 0.25) is 0 Å². The molecule has 2 saturated heterocycles. The standard InChI is InChI=1S/C20H27N3O4S2/c1-17-8-10-22(11-9-17)29(26,27)23-14-12-21(13-15-23)28(24,25)20-7-6-18-4-2-3-5-19(18)16-20/h2-7,16-17H,8-15H2,1H3. The van der Waals surface area contributed by atoms with Gasteiger partial charge in [0.05, 0.1) is 4.90 Å². The molecule has 9 heteroatoms. The summed E-state index contributed by atoms with van der Waals surface area (Å²) in [5.74, 6) is 0.547. The third-order valence-electron chi connectivity index (χ3n) is 5.95. The minimum Gasteiger partial charge on any atom is -0.207 e. The molecule has 2 heterocycles. The molecule has 0 aliphatic carbocycles. The summed E-state index contributed by atoms with van der Waals surface area (Å²) in [6.45, 7) is 3.91. The van der Waals surface area contributed by atoms with Crippen molar-refractivity contribution in [2.75, 3.05) is 39.3 Å². The Morgan fingerprint density at radius 3 is 1.93 bits per heavy atom. The van der Waals surface area contributed by atoms with E-state index in [-0.39, 0.29) is 31.1 Å². The van der Waals surface area contributed by atoms with Crippen molar-refractivity contribution in [2.45, 2.75) is 24.7 Å². The lowest BCUT2D eigenvalue weighted by Gasteiger charge is -2.38. The predicted octanol–water partition coefficient (Wildman–Crippen LogP) is 2.12. The summed E-state index contributed by atoms with van der Waals surface area (Å²) >= 11 is 0. The van der Waals surface area contributed by atoms with Gasteiger partial charge in [-0.05, 0) is 41.7 Å². The predicted molar refractivity (Wildman–Crippen MR) is 113 cm³/mol. The zero-order valence-corrected chi connectivity index (χ0v) is 18.2. The molecule has 2 aliphatic rings. The molecule has 0 aromatic heterocycles. The van der Waals surface area contributed by atoms with Gasteiger partial charge in [0.1, 0.15) is 0 Å². The second-order valence-corrected chi connectivity index (χ2v) is 11.8. The molecule has 4 rings (SSSR count). The highest BCUT2D eigenvalue weighted by atomic mass is 32.2. The van der Waals surface area contributed by atoms with Crippen LogP contribution in [0, 0.1) is 5.92 Å². The normalized spacial score (nSPS) is 21.6. The summed E-state index contributed by atoms with van der Waals surface area (Å²) < 4.78 is 56.3. The molecule has 0 saturated carbocycles. The van der Waals surface area contributed by atoms with Gasteiger partial charge in [0.2, 0.25) is 10.0 Å². The molecule has 2 fully saturated rings. The van der Waals surface area contributed by atoms with Crippen LogP contribution in [0.3, 0.4) is 0 Å². The Labute approximate surface area is 173 Å². The SMILES string of the molecule is CC1CCN(S(=O)(=O)N2CCN(S(=O)(=O)c3ccc4ccccc4c3)CC2)CC1. The zero-order valence-electron chi connectivity index (χ0n) is 16.6. The Morgan fingerprint density at radius 1 is 0.724 bits per heavy atom. The van der Waals surface area contributed by atoms with Crippen LogP contribution < -0.4 is 0 Å². The maximum Gasteiger partial charge on any atom is 0.282 e. The highest BCUT2D eigenvalue weighted by molar-refractivity contribution is 7.89. The Balaban J connectivity index is 1.47. The highest BCUT2D eigenvalue weighted by Crippen LogP contribution is 2.25. The van der Waals surface area contributed by atoms with Gasteiger partial charge in [-0.1, -0.05) is 37.3 Å². The number of hydrogen-bond acceptors (Lipinski definition) is 4. The maximum atomic E-state index is 13.1. The largest absolute Gasteiger partial charge is 0.282 e. The Kier molecular flexibility index (Phi) is 5.69. The van der Waals surface area contributed by atoms with Crippen LogP contribution in [-0.4, -0.2) is 69.0 Å². The van der Waals surface area contributed by atoms with Gasteiger partial charge in [0.15, 0.2) is 0 Å². The van der Waals surface area contributed by atoms with E-state index in [1.165, 1.54) is 8.61 Å². The molecule has 0 radical (unpaired) electrons. The molecule has 29 heavy (non-hydrogen) atoms. The van der Waals surface area contributed by atoms with E-state index in [9.17, 15) is 16.8 Å². The molecule has 0 unspecified atom stereocenters. The van der Waals surface area contributed by atoms with E-state index in [0.29, 0.717) is 19.0 Å². The molecule has 2 aromatic rings. The van der Waals surface area contributed by atoms with Gasteiger partial charge in [-0.25, -0.2) is 8.42 Å². The third kappa shape index (κ3) is 4.06. The van der Waals surface area contributed by atoms with E-state index in [1.807, 2.05) is 24.3 Å². The van der Waals surface area contributed by atoms with E-state index >= 15 is 0 Å². The summed E-state index contributed by atoms with van der Waals surface area (Å²) in [4.78, 5) is 0.248. The molecule has 7 nitrogen and oxygen atoms in total. The summed E-state index contributed by atoms with van der Waals surface area (Å²) in [6, 6.07) is 12.7. The number of hydrogen-bond donors (Lipinski definition) is 0. The summed E-state index contributed by atoms with van der Waals surface area (Å²) in [7, 11) is -7.18. The summed E-state index contributed by atoms with van der Waals surface area (Å²) in [5.41, 5.74) is 0. The fraction of sp³-hybridized carbons (Fsp3) is 0.500. The van der Waals surface area contributed by atoms with Gasteiger partial charge in [0, 0.05) is 39.3 Å². The van der Waals surface area contributed by atoms with Crippen molar-refractivity contribution in [3.63, 3.8) is 0 Å². The van der Waals surface area contributed by atoms with E-state index in [2.05, 4.69) is 6.92 Å². The molecular formula is C20H27N3O4S2.